The molecule has 1 aliphatic rings. The van der Waals surface area contributed by atoms with Gasteiger partial charge in [-0.15, -0.1) is 0 Å². The summed E-state index contributed by atoms with van der Waals surface area (Å²) in [6.45, 7) is 0.992. The zero-order valence-corrected chi connectivity index (χ0v) is 12.7. The van der Waals surface area contributed by atoms with Crippen molar-refractivity contribution in [2.45, 2.75) is 0 Å². The molecule has 0 unspecified atom stereocenters. The van der Waals surface area contributed by atoms with E-state index in [1.807, 2.05) is 0 Å². The maximum Gasteiger partial charge on any atom is 0.216 e. The Morgan fingerprint density at radius 2 is 1.78 bits per heavy atom. The van der Waals surface area contributed by atoms with E-state index in [2.05, 4.69) is 0 Å². The molecule has 23 heavy (non-hydrogen) atoms. The van der Waals surface area contributed by atoms with Crippen molar-refractivity contribution in [3.8, 4) is 22.8 Å². The highest BCUT2D eigenvalue weighted by Crippen LogP contribution is 2.36. The van der Waals surface area contributed by atoms with Gasteiger partial charge in [0.05, 0.1) is 5.39 Å². The van der Waals surface area contributed by atoms with Crippen LogP contribution in [0.2, 0.25) is 5.02 Å². The third-order valence-corrected chi connectivity index (χ3v) is 3.93. The number of ether oxygens (including phenoxy) is 2. The van der Waals surface area contributed by atoms with Gasteiger partial charge in [-0.2, -0.15) is 0 Å². The molecule has 5 nitrogen and oxygen atoms in total. The van der Waals surface area contributed by atoms with Crippen LogP contribution in [0, 0.1) is 0 Å². The molecule has 116 valence electrons. The molecule has 2 heterocycles. The lowest BCUT2D eigenvalue weighted by Crippen LogP contribution is -2.15. The lowest BCUT2D eigenvalue weighted by molar-refractivity contribution is 0.171. The number of halogens is 1. The fourth-order valence-corrected chi connectivity index (χ4v) is 2.75. The Kier molecular flexibility index (Phi) is 3.16. The lowest BCUT2D eigenvalue weighted by atomic mass is 10.1. The van der Waals surface area contributed by atoms with Crippen LogP contribution in [0.15, 0.2) is 45.6 Å². The van der Waals surface area contributed by atoms with Gasteiger partial charge in [-0.05, 0) is 36.4 Å². The molecule has 1 aliphatic heterocycles. The normalized spacial score (nSPS) is 13.3. The quantitative estimate of drug-likeness (QED) is 0.740. The Balaban J connectivity index is 1.94. The minimum Gasteiger partial charge on any atom is -0.486 e. The average molecular weight is 330 g/mol. The molecule has 2 N–H and O–H groups in total. The second-order valence-corrected chi connectivity index (χ2v) is 5.61. The van der Waals surface area contributed by atoms with E-state index in [1.165, 1.54) is 0 Å². The topological polar surface area (TPSA) is 74.7 Å². The number of hydrogen-bond acceptors (Lipinski definition) is 5. The van der Waals surface area contributed by atoms with E-state index in [0.29, 0.717) is 52.0 Å². The molecule has 0 bridgehead atoms. The van der Waals surface area contributed by atoms with E-state index in [0.717, 1.165) is 0 Å². The maximum atomic E-state index is 12.5. The van der Waals surface area contributed by atoms with Crippen LogP contribution in [0.25, 0.3) is 22.3 Å². The molecule has 1 aromatic heterocycles. The van der Waals surface area contributed by atoms with E-state index in [4.69, 9.17) is 31.2 Å². The van der Waals surface area contributed by atoms with E-state index in [9.17, 15) is 4.79 Å². The molecule has 2 aromatic carbocycles. The van der Waals surface area contributed by atoms with Gasteiger partial charge in [-0.1, -0.05) is 11.6 Å². The molecule has 0 saturated carbocycles. The fourth-order valence-electron chi connectivity index (χ4n) is 2.58. The van der Waals surface area contributed by atoms with Crippen molar-refractivity contribution in [1.29, 1.82) is 0 Å². The third-order valence-electron chi connectivity index (χ3n) is 3.69. The molecule has 6 heteroatoms. The first-order valence-corrected chi connectivity index (χ1v) is 7.43. The molecule has 4 rings (SSSR count). The number of nitrogen functional groups attached to an aromatic ring is 1. The van der Waals surface area contributed by atoms with E-state index < -0.39 is 0 Å². The number of nitrogens with two attached hydrogens (primary N) is 1. The average Bonchev–Trinajstić information content (AvgIpc) is 2.58. The van der Waals surface area contributed by atoms with Crippen LogP contribution in [-0.2, 0) is 0 Å². The summed E-state index contributed by atoms with van der Waals surface area (Å²) in [4.78, 5) is 12.5. The van der Waals surface area contributed by atoms with E-state index in [1.54, 1.807) is 36.4 Å². The van der Waals surface area contributed by atoms with Gasteiger partial charge in [-0.3, -0.25) is 4.79 Å². The third kappa shape index (κ3) is 2.29. The first-order chi connectivity index (χ1) is 11.1. The highest BCUT2D eigenvalue weighted by molar-refractivity contribution is 6.31. The molecule has 0 atom stereocenters. The van der Waals surface area contributed by atoms with Crippen molar-refractivity contribution in [3.05, 3.63) is 51.6 Å². The number of hydrogen-bond donors (Lipinski definition) is 1. The smallest absolute Gasteiger partial charge is 0.216 e. The van der Waals surface area contributed by atoms with Gasteiger partial charge < -0.3 is 19.6 Å². The summed E-state index contributed by atoms with van der Waals surface area (Å²) in [5, 5.41) is 0.813. The van der Waals surface area contributed by atoms with Crippen molar-refractivity contribution >= 4 is 28.3 Å². The molecule has 3 aromatic rings. The molecule has 0 radical (unpaired) electrons. The Bertz CT molecular complexity index is 980. The van der Waals surface area contributed by atoms with Gasteiger partial charge in [-0.25, -0.2) is 0 Å². The Morgan fingerprint density at radius 3 is 2.61 bits per heavy atom. The Morgan fingerprint density at radius 1 is 1.00 bits per heavy atom. The highest BCUT2D eigenvalue weighted by Gasteiger charge is 2.17. The summed E-state index contributed by atoms with van der Waals surface area (Å²) in [5.41, 5.74) is 6.80. The van der Waals surface area contributed by atoms with Crippen LogP contribution in [0.1, 0.15) is 0 Å². The zero-order chi connectivity index (χ0) is 16.0. The van der Waals surface area contributed by atoms with Crippen molar-refractivity contribution in [2.24, 2.45) is 0 Å². The van der Waals surface area contributed by atoms with Crippen LogP contribution >= 0.6 is 11.6 Å². The highest BCUT2D eigenvalue weighted by atomic mass is 35.5. The lowest BCUT2D eigenvalue weighted by Gasteiger charge is -2.19. The van der Waals surface area contributed by atoms with Crippen LogP contribution in [0.5, 0.6) is 11.5 Å². The number of anilines is 1. The molecular formula is C17H12ClNO4. The van der Waals surface area contributed by atoms with Gasteiger partial charge in [0.1, 0.15) is 24.5 Å². The van der Waals surface area contributed by atoms with Crippen molar-refractivity contribution in [1.82, 2.24) is 0 Å². The first-order valence-electron chi connectivity index (χ1n) is 7.05. The number of benzene rings is 2. The van der Waals surface area contributed by atoms with Gasteiger partial charge in [0.15, 0.2) is 17.3 Å². The standard InChI is InChI=1S/C17H12ClNO4/c18-10-2-4-12-11(8-10)16(20)15(19)17(23-12)9-1-3-13-14(7-9)22-6-5-21-13/h1-4,7-8H,5-6,19H2. The Hall–Kier alpha value is -2.66. The predicted molar refractivity (Wildman–Crippen MR) is 88.3 cm³/mol. The van der Waals surface area contributed by atoms with Gasteiger partial charge in [0.2, 0.25) is 5.43 Å². The zero-order valence-electron chi connectivity index (χ0n) is 12.0. The summed E-state index contributed by atoms with van der Waals surface area (Å²) in [6, 6.07) is 10.2. The minimum absolute atomic E-state index is 0.0384. The monoisotopic (exact) mass is 329 g/mol. The number of rotatable bonds is 1. The maximum absolute atomic E-state index is 12.5. The number of fused-ring (bicyclic) bond motifs is 2. The summed E-state index contributed by atoms with van der Waals surface area (Å²) >= 11 is 5.93. The SMILES string of the molecule is Nc1c(-c2ccc3c(c2)OCCO3)oc2ccc(Cl)cc2c1=O. The summed E-state index contributed by atoms with van der Waals surface area (Å²) in [6.07, 6.45) is 0. The second-order valence-electron chi connectivity index (χ2n) is 5.17. The van der Waals surface area contributed by atoms with E-state index in [-0.39, 0.29) is 11.1 Å². The second kappa shape index (κ2) is 5.21. The minimum atomic E-state index is -0.307. The van der Waals surface area contributed by atoms with Gasteiger partial charge >= 0.3 is 0 Å². The predicted octanol–water partition coefficient (Wildman–Crippen LogP) is 3.47. The van der Waals surface area contributed by atoms with Crippen LogP contribution in [0.3, 0.4) is 0 Å². The summed E-state index contributed by atoms with van der Waals surface area (Å²) in [5.74, 6) is 1.57. The fraction of sp³-hybridized carbons (Fsp3) is 0.118. The summed E-state index contributed by atoms with van der Waals surface area (Å²) in [7, 11) is 0. The molecule has 0 spiro atoms. The van der Waals surface area contributed by atoms with E-state index >= 15 is 0 Å². The van der Waals surface area contributed by atoms with Crippen LogP contribution < -0.4 is 20.6 Å². The van der Waals surface area contributed by atoms with Gasteiger partial charge in [0, 0.05) is 10.6 Å². The largest absolute Gasteiger partial charge is 0.486 e. The van der Waals surface area contributed by atoms with Gasteiger partial charge in [0.25, 0.3) is 0 Å². The van der Waals surface area contributed by atoms with Crippen molar-refractivity contribution in [3.63, 3.8) is 0 Å². The van der Waals surface area contributed by atoms with Crippen LogP contribution in [0.4, 0.5) is 5.69 Å². The molecule has 0 amide bonds. The summed E-state index contributed by atoms with van der Waals surface area (Å²) < 4.78 is 16.9. The molecular weight excluding hydrogens is 318 g/mol. The van der Waals surface area contributed by atoms with Crippen molar-refractivity contribution in [2.75, 3.05) is 18.9 Å². The molecule has 0 aliphatic carbocycles. The van der Waals surface area contributed by atoms with Crippen LogP contribution in [-0.4, -0.2) is 13.2 Å². The van der Waals surface area contributed by atoms with Crippen molar-refractivity contribution < 1.29 is 13.9 Å². The Labute approximate surface area is 136 Å². The first kappa shape index (κ1) is 14.0. The molecule has 0 fully saturated rings. The molecule has 0 saturated heterocycles.